The number of nitrogens with two attached hydrogens (primary N) is 1. The largest absolute Gasteiger partial charge is 0.384 e. The molecule has 5 nitrogen and oxygen atoms in total. The summed E-state index contributed by atoms with van der Waals surface area (Å²) in [6, 6.07) is 11.9. The second kappa shape index (κ2) is 5.97. The van der Waals surface area contributed by atoms with Crippen molar-refractivity contribution in [3.8, 4) is 5.69 Å². The summed E-state index contributed by atoms with van der Waals surface area (Å²) in [5.41, 5.74) is 8.87. The van der Waals surface area contributed by atoms with Gasteiger partial charge in [0.05, 0.1) is 5.69 Å². The molecule has 2 heterocycles. The molecule has 2 N–H and O–H groups in total. The van der Waals surface area contributed by atoms with Crippen molar-refractivity contribution >= 4 is 17.6 Å². The Morgan fingerprint density at radius 2 is 2.00 bits per heavy atom. The van der Waals surface area contributed by atoms with E-state index in [4.69, 9.17) is 5.73 Å². The fourth-order valence-corrected chi connectivity index (χ4v) is 2.81. The van der Waals surface area contributed by atoms with E-state index in [9.17, 15) is 0 Å². The molecule has 0 unspecified atom stereocenters. The number of hydrogen-bond donors (Lipinski definition) is 1. The number of anilines is 1. The maximum Gasteiger partial charge on any atom is 0.190 e. The lowest BCUT2D eigenvalue weighted by Gasteiger charge is -2.05. The quantitative estimate of drug-likeness (QED) is 0.592. The van der Waals surface area contributed by atoms with Crippen molar-refractivity contribution in [1.29, 1.82) is 0 Å². The van der Waals surface area contributed by atoms with E-state index >= 15 is 0 Å². The Kier molecular flexibility index (Phi) is 3.87. The summed E-state index contributed by atoms with van der Waals surface area (Å²) in [5.74, 6) is 1.32. The van der Waals surface area contributed by atoms with E-state index < -0.39 is 0 Å². The first-order valence-electron chi connectivity index (χ1n) is 6.53. The van der Waals surface area contributed by atoms with Crippen molar-refractivity contribution in [2.45, 2.75) is 17.8 Å². The molecule has 0 spiro atoms. The van der Waals surface area contributed by atoms with E-state index in [1.54, 1.807) is 24.0 Å². The Balaban J connectivity index is 1.68. The van der Waals surface area contributed by atoms with Crippen LogP contribution in [0.3, 0.4) is 0 Å². The fourth-order valence-electron chi connectivity index (χ4n) is 1.94. The van der Waals surface area contributed by atoms with Gasteiger partial charge in [0.25, 0.3) is 0 Å². The molecule has 0 bridgehead atoms. The molecule has 0 aliphatic carbocycles. The Bertz CT molecular complexity index is 702. The normalized spacial score (nSPS) is 10.7. The van der Waals surface area contributed by atoms with Crippen molar-refractivity contribution in [2.24, 2.45) is 0 Å². The van der Waals surface area contributed by atoms with Gasteiger partial charge < -0.3 is 5.73 Å². The number of nitrogens with zero attached hydrogens (tertiary/aromatic N) is 4. The summed E-state index contributed by atoms with van der Waals surface area (Å²) >= 11 is 1.58. The molecule has 3 aromatic rings. The molecular weight excluding hydrogens is 282 g/mol. The molecule has 0 amide bonds. The first-order chi connectivity index (χ1) is 10.2. The highest BCUT2D eigenvalue weighted by Crippen LogP contribution is 2.21. The summed E-state index contributed by atoms with van der Waals surface area (Å²) in [6.45, 7) is 1.92. The zero-order valence-corrected chi connectivity index (χ0v) is 12.4. The molecule has 1 aromatic carbocycles. The minimum atomic E-state index is 0.513. The van der Waals surface area contributed by atoms with Crippen molar-refractivity contribution in [3.63, 3.8) is 0 Å². The van der Waals surface area contributed by atoms with Crippen LogP contribution in [0.1, 0.15) is 11.3 Å². The van der Waals surface area contributed by atoms with Gasteiger partial charge >= 0.3 is 0 Å². The van der Waals surface area contributed by atoms with Gasteiger partial charge in [-0.15, -0.1) is 0 Å². The molecule has 106 valence electrons. The summed E-state index contributed by atoms with van der Waals surface area (Å²) in [7, 11) is 0. The molecule has 0 saturated carbocycles. The molecule has 21 heavy (non-hydrogen) atoms. The summed E-state index contributed by atoms with van der Waals surface area (Å²) < 4.78 is 1.83. The van der Waals surface area contributed by atoms with Crippen LogP contribution in [0.25, 0.3) is 5.69 Å². The van der Waals surface area contributed by atoms with Crippen LogP contribution in [-0.4, -0.2) is 19.7 Å². The van der Waals surface area contributed by atoms with Crippen LogP contribution in [0.2, 0.25) is 0 Å². The van der Waals surface area contributed by atoms with Gasteiger partial charge in [-0.3, -0.25) is 0 Å². The number of hydrogen-bond acceptors (Lipinski definition) is 5. The number of nitrogen functional groups attached to an aromatic ring is 1. The molecule has 0 aliphatic heterocycles. The highest BCUT2D eigenvalue weighted by atomic mass is 32.2. The van der Waals surface area contributed by atoms with Gasteiger partial charge in [0, 0.05) is 29.9 Å². The summed E-state index contributed by atoms with van der Waals surface area (Å²) in [5, 5.41) is 4.92. The molecule has 0 atom stereocenters. The van der Waals surface area contributed by atoms with Crippen LogP contribution >= 0.6 is 11.8 Å². The number of rotatable bonds is 4. The van der Waals surface area contributed by atoms with Gasteiger partial charge in [0.1, 0.15) is 5.82 Å². The molecule has 3 rings (SSSR count). The van der Waals surface area contributed by atoms with Crippen LogP contribution in [0.5, 0.6) is 0 Å². The van der Waals surface area contributed by atoms with E-state index in [1.807, 2.05) is 36.0 Å². The Morgan fingerprint density at radius 1 is 1.19 bits per heavy atom. The third-order valence-corrected chi connectivity index (χ3v) is 3.85. The Morgan fingerprint density at radius 3 is 2.67 bits per heavy atom. The monoisotopic (exact) mass is 297 g/mol. The van der Waals surface area contributed by atoms with Crippen molar-refractivity contribution < 1.29 is 0 Å². The third kappa shape index (κ3) is 3.41. The maximum absolute atomic E-state index is 5.73. The molecule has 0 aliphatic rings. The van der Waals surface area contributed by atoms with E-state index in [0.717, 1.165) is 17.1 Å². The van der Waals surface area contributed by atoms with E-state index in [-0.39, 0.29) is 0 Å². The average molecular weight is 297 g/mol. The molecule has 0 saturated heterocycles. The number of aryl methyl sites for hydroxylation is 1. The van der Waals surface area contributed by atoms with E-state index in [2.05, 4.69) is 27.2 Å². The van der Waals surface area contributed by atoms with Crippen LogP contribution in [-0.2, 0) is 5.75 Å². The lowest BCUT2D eigenvalue weighted by atomic mass is 10.2. The van der Waals surface area contributed by atoms with E-state index in [1.165, 1.54) is 5.56 Å². The minimum Gasteiger partial charge on any atom is -0.384 e. The Hall–Kier alpha value is -2.34. The highest BCUT2D eigenvalue weighted by Gasteiger charge is 2.03. The first kappa shape index (κ1) is 13.6. The second-order valence-corrected chi connectivity index (χ2v) is 5.57. The van der Waals surface area contributed by atoms with Crippen molar-refractivity contribution in [3.05, 3.63) is 60.0 Å². The third-order valence-electron chi connectivity index (χ3n) is 2.93. The van der Waals surface area contributed by atoms with Gasteiger partial charge in [-0.05, 0) is 30.7 Å². The predicted octanol–water partition coefficient (Wildman–Crippen LogP) is 2.85. The van der Waals surface area contributed by atoms with Gasteiger partial charge in [-0.2, -0.15) is 5.10 Å². The lowest BCUT2D eigenvalue weighted by molar-refractivity contribution is 0.880. The molecule has 0 radical (unpaired) electrons. The summed E-state index contributed by atoms with van der Waals surface area (Å²) in [4.78, 5) is 8.59. The molecule has 0 fully saturated rings. The average Bonchev–Trinajstić information content (AvgIpc) is 2.99. The Labute approximate surface area is 127 Å². The second-order valence-electron chi connectivity index (χ2n) is 4.62. The van der Waals surface area contributed by atoms with Crippen LogP contribution in [0.4, 0.5) is 5.82 Å². The smallest absolute Gasteiger partial charge is 0.190 e. The van der Waals surface area contributed by atoms with Gasteiger partial charge in [0.2, 0.25) is 0 Å². The SMILES string of the molecule is Cc1cc(N)nc(SCc2ccc(-n3cccn3)cc2)n1. The zero-order chi connectivity index (χ0) is 14.7. The number of thioether (sulfide) groups is 1. The highest BCUT2D eigenvalue weighted by molar-refractivity contribution is 7.98. The fraction of sp³-hybridized carbons (Fsp3) is 0.133. The minimum absolute atomic E-state index is 0.513. The predicted molar refractivity (Wildman–Crippen MR) is 84.3 cm³/mol. The first-order valence-corrected chi connectivity index (χ1v) is 7.52. The van der Waals surface area contributed by atoms with Crippen molar-refractivity contribution in [2.75, 3.05) is 5.73 Å². The molecule has 6 heteroatoms. The standard InChI is InChI=1S/C15H15N5S/c1-11-9-14(16)19-15(18-11)21-10-12-3-5-13(6-4-12)20-8-2-7-17-20/h2-9H,10H2,1H3,(H2,16,18,19). The molecular formula is C15H15N5S. The number of aromatic nitrogens is 4. The zero-order valence-electron chi connectivity index (χ0n) is 11.6. The van der Waals surface area contributed by atoms with E-state index in [0.29, 0.717) is 11.0 Å². The van der Waals surface area contributed by atoms with Gasteiger partial charge in [-0.1, -0.05) is 23.9 Å². The number of benzene rings is 1. The lowest BCUT2D eigenvalue weighted by Crippen LogP contribution is -1.97. The van der Waals surface area contributed by atoms with Gasteiger partial charge in [-0.25, -0.2) is 14.6 Å². The van der Waals surface area contributed by atoms with Crippen LogP contribution in [0, 0.1) is 6.92 Å². The molecule has 2 aromatic heterocycles. The van der Waals surface area contributed by atoms with Crippen molar-refractivity contribution in [1.82, 2.24) is 19.7 Å². The maximum atomic E-state index is 5.73. The topological polar surface area (TPSA) is 69.6 Å². The van der Waals surface area contributed by atoms with Crippen LogP contribution < -0.4 is 5.73 Å². The van der Waals surface area contributed by atoms with Gasteiger partial charge in [0.15, 0.2) is 5.16 Å². The van der Waals surface area contributed by atoms with Crippen LogP contribution in [0.15, 0.2) is 53.9 Å². The summed E-state index contributed by atoms with van der Waals surface area (Å²) in [6.07, 6.45) is 3.69.